The maximum Gasteiger partial charge on any atom is 0.419 e. The fraction of sp³-hybridized carbons (Fsp3) is 0.400. The van der Waals surface area contributed by atoms with Crippen LogP contribution < -0.4 is 20.9 Å². The minimum Gasteiger partial charge on any atom is -0.370 e. The third-order valence-corrected chi connectivity index (χ3v) is 6.14. The van der Waals surface area contributed by atoms with Gasteiger partial charge in [0.1, 0.15) is 11.6 Å². The Morgan fingerprint density at radius 3 is 2.71 bits per heavy atom. The van der Waals surface area contributed by atoms with Crippen LogP contribution >= 0.6 is 0 Å². The first-order valence-corrected chi connectivity index (χ1v) is 11.4. The maximum atomic E-state index is 14.1. The second-order valence-electron chi connectivity index (χ2n) is 8.87. The van der Waals surface area contributed by atoms with Gasteiger partial charge in [-0.2, -0.15) is 13.2 Å². The van der Waals surface area contributed by atoms with Crippen LogP contribution in [0.2, 0.25) is 0 Å². The summed E-state index contributed by atoms with van der Waals surface area (Å²) in [4.78, 5) is 5.64. The number of allylic oxidation sites excluding steroid dienone is 1. The SMILES string of the molecule is CC(C)C1NCC2=C(C=CN(c3ncccc3C(F)(F)F)C(NCCc3ccccc3F)C2)N1. The molecule has 34 heavy (non-hydrogen) atoms. The highest BCUT2D eigenvalue weighted by Gasteiger charge is 2.37. The van der Waals surface area contributed by atoms with Crippen LogP contribution in [-0.4, -0.2) is 30.4 Å². The summed E-state index contributed by atoms with van der Waals surface area (Å²) in [5.74, 6) is -0.122. The average Bonchev–Trinajstić information content (AvgIpc) is 2.98. The standard InChI is InChI=1S/C25H29F4N5/c1-16(2)23-32-15-18-14-22(30-12-9-17-6-3-4-8-20(17)26)34(13-10-21(18)33-23)24-19(25(27,28)29)7-5-11-31-24/h3-8,10-11,13,16,22-23,30,32-33H,9,12,14-15H2,1-2H3. The van der Waals surface area contributed by atoms with Gasteiger partial charge in [-0.25, -0.2) is 9.37 Å². The number of nitrogens with one attached hydrogen (secondary N) is 3. The second-order valence-corrected chi connectivity index (χ2v) is 8.87. The van der Waals surface area contributed by atoms with E-state index in [1.54, 1.807) is 24.4 Å². The molecular weight excluding hydrogens is 446 g/mol. The summed E-state index contributed by atoms with van der Waals surface area (Å²) in [6.45, 7) is 5.21. The van der Waals surface area contributed by atoms with Gasteiger partial charge in [-0.15, -0.1) is 0 Å². The van der Waals surface area contributed by atoms with E-state index in [9.17, 15) is 17.6 Å². The van der Waals surface area contributed by atoms with Crippen LogP contribution in [0.3, 0.4) is 0 Å². The lowest BCUT2D eigenvalue weighted by atomic mass is 10.0. The van der Waals surface area contributed by atoms with E-state index in [0.29, 0.717) is 37.4 Å². The van der Waals surface area contributed by atoms with Crippen LogP contribution in [0.4, 0.5) is 23.4 Å². The Labute approximate surface area is 196 Å². The van der Waals surface area contributed by atoms with Crippen LogP contribution in [0.15, 0.2) is 66.1 Å². The number of anilines is 1. The Kier molecular flexibility index (Phi) is 7.23. The number of rotatable bonds is 6. The molecule has 182 valence electrons. The summed E-state index contributed by atoms with van der Waals surface area (Å²) < 4.78 is 55.5. The molecule has 0 amide bonds. The van der Waals surface area contributed by atoms with E-state index < -0.39 is 17.9 Å². The molecule has 3 N–H and O–H groups in total. The van der Waals surface area contributed by atoms with E-state index >= 15 is 0 Å². The normalized spacial score (nSPS) is 20.9. The Bertz CT molecular complexity index is 1060. The molecule has 0 spiro atoms. The van der Waals surface area contributed by atoms with Crippen LogP contribution in [-0.2, 0) is 12.6 Å². The zero-order valence-electron chi connectivity index (χ0n) is 19.2. The van der Waals surface area contributed by atoms with E-state index in [-0.39, 0.29) is 17.8 Å². The lowest BCUT2D eigenvalue weighted by Gasteiger charge is -2.34. The van der Waals surface area contributed by atoms with Gasteiger partial charge in [0.2, 0.25) is 0 Å². The van der Waals surface area contributed by atoms with Crippen molar-refractivity contribution in [3.8, 4) is 0 Å². The summed E-state index contributed by atoms with van der Waals surface area (Å²) >= 11 is 0. The molecular formula is C25H29F4N5. The topological polar surface area (TPSA) is 52.2 Å². The van der Waals surface area contributed by atoms with Crippen molar-refractivity contribution in [1.29, 1.82) is 0 Å². The number of hydrogen-bond donors (Lipinski definition) is 3. The van der Waals surface area contributed by atoms with E-state index in [0.717, 1.165) is 17.3 Å². The van der Waals surface area contributed by atoms with E-state index in [1.807, 2.05) is 6.08 Å². The molecule has 3 heterocycles. The van der Waals surface area contributed by atoms with Crippen LogP contribution in [0, 0.1) is 11.7 Å². The molecule has 0 fully saturated rings. The molecule has 9 heteroatoms. The summed E-state index contributed by atoms with van der Waals surface area (Å²) in [5, 5.41) is 10.3. The molecule has 0 aliphatic carbocycles. The highest BCUT2D eigenvalue weighted by Crippen LogP contribution is 2.37. The van der Waals surface area contributed by atoms with Crippen molar-refractivity contribution in [2.24, 2.45) is 5.92 Å². The number of nitrogens with zero attached hydrogens (tertiary/aromatic N) is 2. The van der Waals surface area contributed by atoms with Gasteiger partial charge in [0.25, 0.3) is 0 Å². The Hall–Kier alpha value is -2.91. The quantitative estimate of drug-likeness (QED) is 0.536. The molecule has 2 atom stereocenters. The molecule has 4 rings (SSSR count). The molecule has 0 saturated carbocycles. The first-order valence-electron chi connectivity index (χ1n) is 11.4. The molecule has 1 aromatic carbocycles. The highest BCUT2D eigenvalue weighted by molar-refractivity contribution is 5.54. The number of alkyl halides is 3. The lowest BCUT2D eigenvalue weighted by molar-refractivity contribution is -0.137. The predicted molar refractivity (Wildman–Crippen MR) is 124 cm³/mol. The molecule has 5 nitrogen and oxygen atoms in total. The summed E-state index contributed by atoms with van der Waals surface area (Å²) in [6.07, 6.45) is 0.743. The minimum atomic E-state index is -4.54. The van der Waals surface area contributed by atoms with Gasteiger partial charge in [-0.3, -0.25) is 10.6 Å². The maximum absolute atomic E-state index is 14.1. The molecule has 2 aliphatic rings. The van der Waals surface area contributed by atoms with Gasteiger partial charge in [0.15, 0.2) is 0 Å². The van der Waals surface area contributed by atoms with Gasteiger partial charge in [-0.05, 0) is 47.8 Å². The van der Waals surface area contributed by atoms with E-state index in [1.165, 1.54) is 23.2 Å². The molecule has 1 aromatic heterocycles. The fourth-order valence-electron chi connectivity index (χ4n) is 4.28. The number of pyridine rings is 1. The zero-order valence-corrected chi connectivity index (χ0v) is 19.2. The summed E-state index contributed by atoms with van der Waals surface area (Å²) in [7, 11) is 0. The Balaban J connectivity index is 1.63. The second kappa shape index (κ2) is 10.1. The molecule has 0 radical (unpaired) electrons. The lowest BCUT2D eigenvalue weighted by Crippen LogP contribution is -2.51. The first-order chi connectivity index (χ1) is 16.2. The number of aromatic nitrogens is 1. The predicted octanol–water partition coefficient (Wildman–Crippen LogP) is 4.55. The highest BCUT2D eigenvalue weighted by atomic mass is 19.4. The molecule has 0 saturated heterocycles. The van der Waals surface area contributed by atoms with Crippen LogP contribution in [0.25, 0.3) is 0 Å². The van der Waals surface area contributed by atoms with E-state index in [4.69, 9.17) is 0 Å². The van der Waals surface area contributed by atoms with Crippen molar-refractivity contribution in [3.63, 3.8) is 0 Å². The van der Waals surface area contributed by atoms with Crippen LogP contribution in [0.1, 0.15) is 31.4 Å². The number of halogens is 4. The molecule has 2 unspecified atom stereocenters. The third kappa shape index (κ3) is 5.42. The molecule has 2 aliphatic heterocycles. The Morgan fingerprint density at radius 1 is 1.18 bits per heavy atom. The van der Waals surface area contributed by atoms with Crippen molar-refractivity contribution in [1.82, 2.24) is 20.9 Å². The number of hydrogen-bond acceptors (Lipinski definition) is 5. The Morgan fingerprint density at radius 2 is 1.97 bits per heavy atom. The summed E-state index contributed by atoms with van der Waals surface area (Å²) in [6, 6.07) is 8.84. The largest absolute Gasteiger partial charge is 0.419 e. The van der Waals surface area contributed by atoms with Gasteiger partial charge < -0.3 is 10.2 Å². The smallest absolute Gasteiger partial charge is 0.370 e. The zero-order chi connectivity index (χ0) is 24.3. The summed E-state index contributed by atoms with van der Waals surface area (Å²) in [5.41, 5.74) is 1.72. The number of benzene rings is 1. The van der Waals surface area contributed by atoms with Gasteiger partial charge in [-0.1, -0.05) is 32.0 Å². The molecule has 0 bridgehead atoms. The van der Waals surface area contributed by atoms with Gasteiger partial charge in [0.05, 0.1) is 17.9 Å². The molecule has 2 aromatic rings. The van der Waals surface area contributed by atoms with E-state index in [2.05, 4.69) is 34.8 Å². The van der Waals surface area contributed by atoms with Crippen molar-refractivity contribution >= 4 is 5.82 Å². The van der Waals surface area contributed by atoms with Gasteiger partial charge >= 0.3 is 6.18 Å². The van der Waals surface area contributed by atoms with Crippen molar-refractivity contribution in [3.05, 3.63) is 83.1 Å². The fourth-order valence-corrected chi connectivity index (χ4v) is 4.28. The van der Waals surface area contributed by atoms with Gasteiger partial charge in [0, 0.05) is 37.6 Å². The monoisotopic (exact) mass is 475 g/mol. The van der Waals surface area contributed by atoms with Crippen molar-refractivity contribution < 1.29 is 17.6 Å². The average molecular weight is 476 g/mol. The first kappa shape index (κ1) is 24.2. The van der Waals surface area contributed by atoms with Crippen molar-refractivity contribution in [2.45, 2.75) is 45.2 Å². The third-order valence-electron chi connectivity index (χ3n) is 6.14. The minimum absolute atomic E-state index is 0.0722. The van der Waals surface area contributed by atoms with Crippen molar-refractivity contribution in [2.75, 3.05) is 18.0 Å². The van der Waals surface area contributed by atoms with Crippen LogP contribution in [0.5, 0.6) is 0 Å².